The molecule has 1 fully saturated rings. The summed E-state index contributed by atoms with van der Waals surface area (Å²) < 4.78 is 42.4. The summed E-state index contributed by atoms with van der Waals surface area (Å²) in [5.74, 6) is 0. The van der Waals surface area contributed by atoms with Crippen LogP contribution < -0.4 is 15.8 Å². The van der Waals surface area contributed by atoms with Crippen molar-refractivity contribution in [2.45, 2.75) is 26.1 Å². The number of piperazine rings is 1. The molecule has 8 nitrogen and oxygen atoms in total. The van der Waals surface area contributed by atoms with Gasteiger partial charge in [-0.05, 0) is 32.0 Å². The van der Waals surface area contributed by atoms with Crippen molar-refractivity contribution in [3.05, 3.63) is 58.4 Å². The van der Waals surface area contributed by atoms with Gasteiger partial charge < -0.3 is 10.2 Å². The fourth-order valence-electron chi connectivity index (χ4n) is 4.03. The standard InChI is InChI=1S/C21H20F3N7O/c1-12-9-31-17(13(2)26-12)7-16(28-31)15-8-20(32)30-10-14(3-4-19(30)27-15)29-6-5-25-18(11-29)21(22,23)24/h3-4,7-10,18,25H,5-6,11H2,1-2H3. The first kappa shape index (κ1) is 20.4. The van der Waals surface area contributed by atoms with Gasteiger partial charge in [-0.1, -0.05) is 0 Å². The van der Waals surface area contributed by atoms with Crippen molar-refractivity contribution >= 4 is 16.9 Å². The van der Waals surface area contributed by atoms with Crippen LogP contribution in [0.2, 0.25) is 0 Å². The molecule has 0 aromatic carbocycles. The maximum absolute atomic E-state index is 13.1. The molecular weight excluding hydrogens is 423 g/mol. The molecule has 4 aromatic rings. The third-order valence-electron chi connectivity index (χ3n) is 5.60. The third kappa shape index (κ3) is 3.58. The minimum absolute atomic E-state index is 0.204. The van der Waals surface area contributed by atoms with Gasteiger partial charge in [0.1, 0.15) is 17.4 Å². The number of hydrogen-bond donors (Lipinski definition) is 1. The molecule has 32 heavy (non-hydrogen) atoms. The van der Waals surface area contributed by atoms with Gasteiger partial charge in [0.2, 0.25) is 0 Å². The largest absolute Gasteiger partial charge is 0.405 e. The summed E-state index contributed by atoms with van der Waals surface area (Å²) in [5.41, 5.74) is 4.01. The molecule has 1 aliphatic heterocycles. The van der Waals surface area contributed by atoms with E-state index in [-0.39, 0.29) is 18.6 Å². The van der Waals surface area contributed by atoms with Crippen LogP contribution in [0, 0.1) is 13.8 Å². The zero-order valence-corrected chi connectivity index (χ0v) is 17.4. The van der Waals surface area contributed by atoms with Crippen molar-refractivity contribution in [3.63, 3.8) is 0 Å². The predicted molar refractivity (Wildman–Crippen MR) is 113 cm³/mol. The van der Waals surface area contributed by atoms with E-state index >= 15 is 0 Å². The Bertz CT molecular complexity index is 1390. The van der Waals surface area contributed by atoms with Gasteiger partial charge in [-0.2, -0.15) is 18.3 Å². The van der Waals surface area contributed by atoms with E-state index in [9.17, 15) is 18.0 Å². The number of nitrogens with zero attached hydrogens (tertiary/aromatic N) is 6. The van der Waals surface area contributed by atoms with E-state index in [1.54, 1.807) is 27.7 Å². The van der Waals surface area contributed by atoms with Crippen LogP contribution in [0.1, 0.15) is 11.4 Å². The molecule has 11 heteroatoms. The van der Waals surface area contributed by atoms with Crippen LogP contribution in [0.5, 0.6) is 0 Å². The number of anilines is 1. The molecule has 0 aliphatic carbocycles. The highest BCUT2D eigenvalue weighted by Crippen LogP contribution is 2.26. The summed E-state index contributed by atoms with van der Waals surface area (Å²) in [4.78, 5) is 23.4. The van der Waals surface area contributed by atoms with Gasteiger partial charge in [-0.3, -0.25) is 14.2 Å². The molecule has 5 rings (SSSR count). The second kappa shape index (κ2) is 7.30. The van der Waals surface area contributed by atoms with Gasteiger partial charge in [0.15, 0.2) is 0 Å². The quantitative estimate of drug-likeness (QED) is 0.513. The van der Waals surface area contributed by atoms with Crippen molar-refractivity contribution in [1.82, 2.24) is 29.3 Å². The van der Waals surface area contributed by atoms with E-state index in [1.165, 1.54) is 16.7 Å². The van der Waals surface area contributed by atoms with Crippen LogP contribution in [-0.2, 0) is 0 Å². The van der Waals surface area contributed by atoms with Gasteiger partial charge >= 0.3 is 6.18 Å². The molecule has 0 radical (unpaired) electrons. The number of aryl methyl sites for hydroxylation is 2. The maximum Gasteiger partial charge on any atom is 0.405 e. The Morgan fingerprint density at radius 3 is 2.69 bits per heavy atom. The zero-order chi connectivity index (χ0) is 22.6. The van der Waals surface area contributed by atoms with Gasteiger partial charge in [-0.25, -0.2) is 9.50 Å². The maximum atomic E-state index is 13.1. The molecule has 1 saturated heterocycles. The lowest BCUT2D eigenvalue weighted by molar-refractivity contribution is -0.155. The summed E-state index contributed by atoms with van der Waals surface area (Å²) >= 11 is 0. The van der Waals surface area contributed by atoms with Gasteiger partial charge in [-0.15, -0.1) is 0 Å². The number of hydrogen-bond acceptors (Lipinski definition) is 6. The van der Waals surface area contributed by atoms with E-state index in [0.717, 1.165) is 16.9 Å². The SMILES string of the molecule is Cc1cn2nc(-c3cc(=O)n4cc(N5CCNC(C(F)(F)F)C5)ccc4n3)cc2c(C)n1. The summed E-state index contributed by atoms with van der Waals surface area (Å²) in [6.07, 6.45) is -0.995. The number of pyridine rings is 1. The molecule has 4 aromatic heterocycles. The Balaban J connectivity index is 1.52. The molecule has 0 spiro atoms. The minimum atomic E-state index is -4.33. The van der Waals surface area contributed by atoms with Gasteiger partial charge in [0.05, 0.1) is 34.5 Å². The van der Waals surface area contributed by atoms with Crippen molar-refractivity contribution in [3.8, 4) is 11.4 Å². The highest BCUT2D eigenvalue weighted by Gasteiger charge is 2.42. The zero-order valence-electron chi connectivity index (χ0n) is 17.4. The molecule has 0 bridgehead atoms. The van der Waals surface area contributed by atoms with Crippen LogP contribution in [-0.4, -0.2) is 55.8 Å². The van der Waals surface area contributed by atoms with Gasteiger partial charge in [0.25, 0.3) is 5.56 Å². The first-order valence-corrected chi connectivity index (χ1v) is 10.1. The average Bonchev–Trinajstić information content (AvgIpc) is 3.17. The average molecular weight is 443 g/mol. The van der Waals surface area contributed by atoms with Crippen LogP contribution in [0.3, 0.4) is 0 Å². The Kier molecular flexibility index (Phi) is 4.66. The van der Waals surface area contributed by atoms with Crippen LogP contribution in [0.15, 0.2) is 41.5 Å². The van der Waals surface area contributed by atoms with Crippen molar-refractivity contribution in [2.75, 3.05) is 24.5 Å². The third-order valence-corrected chi connectivity index (χ3v) is 5.60. The highest BCUT2D eigenvalue weighted by atomic mass is 19.4. The molecule has 1 unspecified atom stereocenters. The molecule has 5 heterocycles. The van der Waals surface area contributed by atoms with E-state index in [1.807, 2.05) is 19.9 Å². The van der Waals surface area contributed by atoms with Crippen LogP contribution in [0.4, 0.5) is 18.9 Å². The smallest absolute Gasteiger partial charge is 0.367 e. The fourth-order valence-corrected chi connectivity index (χ4v) is 4.03. The first-order valence-electron chi connectivity index (χ1n) is 10.1. The fraction of sp³-hybridized carbons (Fsp3) is 0.333. The van der Waals surface area contributed by atoms with Gasteiger partial charge in [0, 0.05) is 31.9 Å². The normalized spacial score (nSPS) is 17.4. The van der Waals surface area contributed by atoms with Crippen LogP contribution in [0.25, 0.3) is 22.6 Å². The number of aromatic nitrogens is 5. The Morgan fingerprint density at radius 2 is 1.91 bits per heavy atom. The molecule has 1 atom stereocenters. The van der Waals surface area contributed by atoms with Crippen molar-refractivity contribution in [1.29, 1.82) is 0 Å². The lowest BCUT2D eigenvalue weighted by Crippen LogP contribution is -2.57. The number of halogens is 3. The topological polar surface area (TPSA) is 79.8 Å². The van der Waals surface area contributed by atoms with E-state index in [4.69, 9.17) is 0 Å². The summed E-state index contributed by atoms with van der Waals surface area (Å²) in [5, 5.41) is 7.01. The monoisotopic (exact) mass is 443 g/mol. The molecule has 166 valence electrons. The second-order valence-corrected chi connectivity index (χ2v) is 7.92. The number of rotatable bonds is 2. The van der Waals surface area contributed by atoms with E-state index in [0.29, 0.717) is 29.3 Å². The molecule has 1 N–H and O–H groups in total. The Hall–Kier alpha value is -3.47. The van der Waals surface area contributed by atoms with Crippen LogP contribution >= 0.6 is 0 Å². The molecular formula is C21H20F3N7O. The van der Waals surface area contributed by atoms with Crippen molar-refractivity contribution < 1.29 is 13.2 Å². The summed E-state index contributed by atoms with van der Waals surface area (Å²) in [7, 11) is 0. The number of alkyl halides is 3. The number of fused-ring (bicyclic) bond motifs is 2. The molecule has 0 amide bonds. The molecule has 0 saturated carbocycles. The Morgan fingerprint density at radius 1 is 1.09 bits per heavy atom. The lowest BCUT2D eigenvalue weighted by atomic mass is 10.2. The predicted octanol–water partition coefficient (Wildman–Crippen LogP) is 2.36. The number of nitrogens with one attached hydrogen (secondary N) is 1. The Labute approximate surface area is 180 Å². The first-order chi connectivity index (χ1) is 15.2. The minimum Gasteiger partial charge on any atom is -0.367 e. The summed E-state index contributed by atoms with van der Waals surface area (Å²) in [6, 6.07) is 4.92. The summed E-state index contributed by atoms with van der Waals surface area (Å²) in [6.45, 7) is 4.16. The lowest BCUT2D eigenvalue weighted by Gasteiger charge is -2.36. The van der Waals surface area contributed by atoms with E-state index < -0.39 is 12.2 Å². The second-order valence-electron chi connectivity index (χ2n) is 7.92. The van der Waals surface area contributed by atoms with Crippen molar-refractivity contribution in [2.24, 2.45) is 0 Å². The molecule has 1 aliphatic rings. The van der Waals surface area contributed by atoms with E-state index in [2.05, 4.69) is 20.4 Å². The highest BCUT2D eigenvalue weighted by molar-refractivity contribution is 5.66.